The summed E-state index contributed by atoms with van der Waals surface area (Å²) in [6, 6.07) is 27.7. The Hall–Kier alpha value is -5.55. The van der Waals surface area contributed by atoms with E-state index in [1.165, 1.54) is 0 Å². The van der Waals surface area contributed by atoms with Crippen molar-refractivity contribution in [3.63, 3.8) is 0 Å². The van der Waals surface area contributed by atoms with E-state index >= 15 is 0 Å². The number of nitrogens with zero attached hydrogens (tertiary/aromatic N) is 6. The van der Waals surface area contributed by atoms with Crippen molar-refractivity contribution in [2.75, 3.05) is 33.5 Å². The molecule has 0 atom stereocenters. The van der Waals surface area contributed by atoms with Gasteiger partial charge >= 0.3 is 5.97 Å². The van der Waals surface area contributed by atoms with Gasteiger partial charge in [0.15, 0.2) is 0 Å². The summed E-state index contributed by atoms with van der Waals surface area (Å²) < 4.78 is 21.2. The molecule has 0 saturated heterocycles. The molecule has 4 aromatic rings. The third-order valence-electron chi connectivity index (χ3n) is 6.31. The number of carbonyl (C=O) groups is 1. The summed E-state index contributed by atoms with van der Waals surface area (Å²) in [6.45, 7) is 7.22. The van der Waals surface area contributed by atoms with Gasteiger partial charge in [-0.1, -0.05) is 6.58 Å². The zero-order valence-corrected chi connectivity index (χ0v) is 25.9. The Morgan fingerprint density at radius 2 is 1.07 bits per heavy atom. The molecule has 0 amide bonds. The van der Waals surface area contributed by atoms with Crippen LogP contribution in [0.1, 0.15) is 18.4 Å². The molecule has 11 nitrogen and oxygen atoms in total. The summed E-state index contributed by atoms with van der Waals surface area (Å²) >= 11 is 0. The molecule has 0 aliphatic heterocycles. The number of aryl methyl sites for hydroxylation is 1. The minimum Gasteiger partial charge on any atom is -0.494 e. The number of carbonyl (C=O) groups excluding carboxylic acids is 1. The maximum atomic E-state index is 11.0. The third kappa shape index (κ3) is 11.5. The Morgan fingerprint density at radius 3 is 1.59 bits per heavy atom. The molecule has 236 valence electrons. The lowest BCUT2D eigenvalue weighted by Crippen LogP contribution is -2.04. The highest BCUT2D eigenvalue weighted by molar-refractivity contribution is 5.81. The molecule has 4 aromatic carbocycles. The van der Waals surface area contributed by atoms with Crippen LogP contribution >= 0.6 is 0 Å². The topological polar surface area (TPSA) is 128 Å². The van der Waals surface area contributed by atoms with E-state index in [9.17, 15) is 4.79 Å². The minimum absolute atomic E-state index is 0.351. The van der Waals surface area contributed by atoms with Crippen LogP contribution in [0.25, 0.3) is 0 Å². The van der Waals surface area contributed by atoms with Gasteiger partial charge < -0.3 is 18.9 Å². The summed E-state index contributed by atoms with van der Waals surface area (Å²) in [5.41, 5.74) is 5.18. The minimum atomic E-state index is -0.412. The molecule has 0 spiro atoms. The predicted molar refractivity (Wildman–Crippen MR) is 176 cm³/mol. The van der Waals surface area contributed by atoms with Crippen LogP contribution in [0.15, 0.2) is 134 Å². The van der Waals surface area contributed by atoms with Crippen molar-refractivity contribution in [2.45, 2.75) is 19.8 Å². The zero-order chi connectivity index (χ0) is 32.4. The lowest BCUT2D eigenvalue weighted by Gasteiger charge is -2.06. The molecule has 4 rings (SSSR count). The first-order valence-corrected chi connectivity index (χ1v) is 14.7. The highest BCUT2D eigenvalue weighted by atomic mass is 16.5. The maximum Gasteiger partial charge on any atom is 0.330 e. The van der Waals surface area contributed by atoms with Crippen LogP contribution < -0.4 is 9.47 Å². The second-order valence-electron chi connectivity index (χ2n) is 9.84. The van der Waals surface area contributed by atoms with Crippen LogP contribution in [0.3, 0.4) is 0 Å². The lowest BCUT2D eigenvalue weighted by atomic mass is 10.2. The van der Waals surface area contributed by atoms with Gasteiger partial charge in [0.25, 0.3) is 0 Å². The largest absolute Gasteiger partial charge is 0.494 e. The van der Waals surface area contributed by atoms with Gasteiger partial charge in [-0.3, -0.25) is 0 Å². The Kier molecular flexibility index (Phi) is 13.3. The molecule has 0 N–H and O–H groups in total. The molecular weight excluding hydrogens is 584 g/mol. The number of rotatable bonds is 17. The molecule has 0 aliphatic rings. The van der Waals surface area contributed by atoms with E-state index in [-0.39, 0.29) is 0 Å². The monoisotopic (exact) mass is 620 g/mol. The van der Waals surface area contributed by atoms with Crippen molar-refractivity contribution in [1.82, 2.24) is 0 Å². The van der Waals surface area contributed by atoms with Crippen molar-refractivity contribution >= 4 is 40.1 Å². The van der Waals surface area contributed by atoms with Crippen molar-refractivity contribution in [2.24, 2.45) is 30.7 Å². The van der Waals surface area contributed by atoms with Crippen LogP contribution in [-0.2, 0) is 14.3 Å². The highest BCUT2D eigenvalue weighted by Gasteiger charge is 2.02. The van der Waals surface area contributed by atoms with Gasteiger partial charge in [0.05, 0.1) is 53.9 Å². The van der Waals surface area contributed by atoms with E-state index < -0.39 is 5.97 Å². The number of benzene rings is 4. The average Bonchev–Trinajstić information content (AvgIpc) is 3.09. The second kappa shape index (κ2) is 18.3. The summed E-state index contributed by atoms with van der Waals surface area (Å²) in [4.78, 5) is 11.0. The number of hydrogen-bond acceptors (Lipinski definition) is 11. The van der Waals surface area contributed by atoms with Crippen LogP contribution in [-0.4, -0.2) is 39.5 Å². The smallest absolute Gasteiger partial charge is 0.330 e. The summed E-state index contributed by atoms with van der Waals surface area (Å²) in [6.07, 6.45) is 2.64. The molecule has 0 fully saturated rings. The number of hydrogen-bond donors (Lipinski definition) is 0. The van der Waals surface area contributed by atoms with Crippen LogP contribution in [0, 0.1) is 6.92 Å². The Bertz CT molecular complexity index is 1640. The first-order chi connectivity index (χ1) is 22.5. The zero-order valence-electron chi connectivity index (χ0n) is 25.9. The molecule has 0 saturated carbocycles. The number of esters is 1. The Morgan fingerprint density at radius 1 is 0.609 bits per heavy atom. The van der Waals surface area contributed by atoms with Crippen molar-refractivity contribution in [3.05, 3.63) is 109 Å². The van der Waals surface area contributed by atoms with Crippen LogP contribution in [0.2, 0.25) is 0 Å². The van der Waals surface area contributed by atoms with E-state index in [0.717, 1.165) is 47.4 Å². The summed E-state index contributed by atoms with van der Waals surface area (Å²) in [5.74, 6) is 1.08. The molecule has 0 unspecified atom stereocenters. The van der Waals surface area contributed by atoms with E-state index in [0.29, 0.717) is 49.2 Å². The Balaban J connectivity index is 1.23. The number of azo groups is 3. The molecule has 0 bridgehead atoms. The van der Waals surface area contributed by atoms with Gasteiger partial charge in [0, 0.05) is 13.2 Å². The van der Waals surface area contributed by atoms with Gasteiger partial charge in [-0.05, 0) is 116 Å². The molecule has 46 heavy (non-hydrogen) atoms. The highest BCUT2D eigenvalue weighted by Crippen LogP contribution is 2.29. The molecule has 0 radical (unpaired) electrons. The standard InChI is InChI=1S/C35H36N6O5/c1-4-35(42)46-22-6-5-21-44-32-16-11-30(12-17-32)38-40-31-15-20-34(26(2)25-31)41-39-28-9-7-27(8-10-28)36-37-29-13-18-33(19-14-29)45-24-23-43-3/h4,7-20,25H,1,5-6,21-24H2,2-3H3/b37-36+,40-38+,41-39+. The molecule has 0 heterocycles. The van der Waals surface area contributed by atoms with Crippen molar-refractivity contribution in [3.8, 4) is 11.5 Å². The Labute approximate surface area is 268 Å². The number of methoxy groups -OCH3 is 1. The number of ether oxygens (including phenoxy) is 4. The fourth-order valence-electron chi connectivity index (χ4n) is 3.83. The molecule has 11 heteroatoms. The van der Waals surface area contributed by atoms with E-state index in [1.54, 1.807) is 7.11 Å². The SMILES string of the molecule is C=CC(=O)OCCCCOc1ccc(/N=N/c2ccc(/N=N/c3ccc(/N=N/c4ccc(OCCOC)cc4)cc3)c(C)c2)cc1. The van der Waals surface area contributed by atoms with Crippen LogP contribution in [0.5, 0.6) is 11.5 Å². The first kappa shape index (κ1) is 33.3. The molecule has 0 aromatic heterocycles. The number of unbranched alkanes of at least 4 members (excludes halogenated alkanes) is 1. The van der Waals surface area contributed by atoms with Gasteiger partial charge in [-0.15, -0.1) is 0 Å². The average molecular weight is 621 g/mol. The quantitative estimate of drug-likeness (QED) is 0.0502. The maximum absolute atomic E-state index is 11.0. The summed E-state index contributed by atoms with van der Waals surface area (Å²) in [7, 11) is 1.64. The summed E-state index contributed by atoms with van der Waals surface area (Å²) in [5, 5.41) is 26.0. The van der Waals surface area contributed by atoms with Gasteiger partial charge in [-0.25, -0.2) is 4.79 Å². The second-order valence-corrected chi connectivity index (χ2v) is 9.84. The molecular formula is C35H36N6O5. The predicted octanol–water partition coefficient (Wildman–Crippen LogP) is 10.2. The van der Waals surface area contributed by atoms with Crippen molar-refractivity contribution < 1.29 is 23.7 Å². The fraction of sp³-hybridized carbons (Fsp3) is 0.229. The van der Waals surface area contributed by atoms with E-state index in [2.05, 4.69) is 37.3 Å². The first-order valence-electron chi connectivity index (χ1n) is 14.7. The van der Waals surface area contributed by atoms with Gasteiger partial charge in [-0.2, -0.15) is 30.7 Å². The lowest BCUT2D eigenvalue weighted by molar-refractivity contribution is -0.137. The normalized spacial score (nSPS) is 11.3. The van der Waals surface area contributed by atoms with Crippen LogP contribution in [0.4, 0.5) is 34.1 Å². The van der Waals surface area contributed by atoms with E-state index in [1.807, 2.05) is 97.9 Å². The van der Waals surface area contributed by atoms with Crippen molar-refractivity contribution in [1.29, 1.82) is 0 Å². The van der Waals surface area contributed by atoms with E-state index in [4.69, 9.17) is 18.9 Å². The van der Waals surface area contributed by atoms with Gasteiger partial charge in [0.2, 0.25) is 0 Å². The fourth-order valence-corrected chi connectivity index (χ4v) is 3.83. The van der Waals surface area contributed by atoms with Gasteiger partial charge in [0.1, 0.15) is 18.1 Å². The molecule has 0 aliphatic carbocycles. The third-order valence-corrected chi connectivity index (χ3v) is 6.31.